The summed E-state index contributed by atoms with van der Waals surface area (Å²) in [5.41, 5.74) is -0.417. The number of hydrogen-bond acceptors (Lipinski definition) is 3. The standard InChI is InChI=1S/C11H20NO2S.Li/c1-8(2)9-6-15-7-12(9)10(13)14-11(3,4)5;/h7-9H,6H2,1-5H3;/q-1;+1/t9-;/m1./s1. The summed E-state index contributed by atoms with van der Waals surface area (Å²) >= 11 is 1.67. The molecule has 0 aliphatic carbocycles. The second-order valence-electron chi connectivity index (χ2n) is 5.14. The normalized spacial score (nSPS) is 20.9. The number of carbonyl (C=O) groups is 1. The monoisotopic (exact) mass is 237 g/mol. The van der Waals surface area contributed by atoms with Crippen molar-refractivity contribution in [2.75, 3.05) is 5.75 Å². The molecular weight excluding hydrogens is 217 g/mol. The van der Waals surface area contributed by atoms with E-state index in [1.165, 1.54) is 0 Å². The minimum Gasteiger partial charge on any atom is -0.445 e. The molecule has 1 amide bonds. The maximum absolute atomic E-state index is 11.8. The maximum atomic E-state index is 11.8. The van der Waals surface area contributed by atoms with Crippen molar-refractivity contribution in [1.29, 1.82) is 0 Å². The van der Waals surface area contributed by atoms with Crippen molar-refractivity contribution in [2.45, 2.75) is 46.3 Å². The number of nitrogens with zero attached hydrogens (tertiary/aromatic N) is 1. The topological polar surface area (TPSA) is 29.5 Å². The van der Waals surface area contributed by atoms with Crippen molar-refractivity contribution in [2.24, 2.45) is 5.92 Å². The first-order valence-electron chi connectivity index (χ1n) is 5.27. The van der Waals surface area contributed by atoms with E-state index in [1.807, 2.05) is 26.6 Å². The van der Waals surface area contributed by atoms with Gasteiger partial charge in [0.1, 0.15) is 5.60 Å². The number of thioether (sulfide) groups is 1. The smallest absolute Gasteiger partial charge is 0.445 e. The van der Waals surface area contributed by atoms with Gasteiger partial charge in [0.2, 0.25) is 0 Å². The maximum Gasteiger partial charge on any atom is 1.00 e. The van der Waals surface area contributed by atoms with Gasteiger partial charge in [-0.2, -0.15) is 5.88 Å². The van der Waals surface area contributed by atoms with Crippen LogP contribution >= 0.6 is 11.8 Å². The van der Waals surface area contributed by atoms with Gasteiger partial charge < -0.3 is 21.4 Å². The van der Waals surface area contributed by atoms with Gasteiger partial charge in [0.15, 0.2) is 0 Å². The molecule has 0 spiro atoms. The Balaban J connectivity index is 0.00000225. The van der Waals surface area contributed by atoms with Gasteiger partial charge in [-0.1, -0.05) is 13.8 Å². The average molecular weight is 237 g/mol. The Morgan fingerprint density at radius 2 is 2.06 bits per heavy atom. The molecule has 1 fully saturated rings. The molecule has 5 heteroatoms. The van der Waals surface area contributed by atoms with Gasteiger partial charge in [-0.3, -0.25) is 0 Å². The van der Waals surface area contributed by atoms with E-state index >= 15 is 0 Å². The number of rotatable bonds is 1. The van der Waals surface area contributed by atoms with Crippen LogP contribution in [0, 0.1) is 11.8 Å². The Hall–Kier alpha value is 0.217. The molecule has 1 heterocycles. The van der Waals surface area contributed by atoms with E-state index in [0.29, 0.717) is 5.92 Å². The molecule has 1 aliphatic heterocycles. The molecule has 1 saturated heterocycles. The van der Waals surface area contributed by atoms with Crippen LogP contribution in [0.2, 0.25) is 0 Å². The summed E-state index contributed by atoms with van der Waals surface area (Å²) in [6.07, 6.45) is -0.230. The van der Waals surface area contributed by atoms with Crippen LogP contribution in [0.1, 0.15) is 34.6 Å². The van der Waals surface area contributed by atoms with Gasteiger partial charge in [0.05, 0.1) is 0 Å². The summed E-state index contributed by atoms with van der Waals surface area (Å²) in [5.74, 6) is 3.30. The zero-order chi connectivity index (χ0) is 11.6. The molecule has 3 nitrogen and oxygen atoms in total. The van der Waals surface area contributed by atoms with Gasteiger partial charge in [-0.15, -0.1) is 0 Å². The predicted octanol–water partition coefficient (Wildman–Crippen LogP) is 0.118. The van der Waals surface area contributed by atoms with Crippen LogP contribution in [0.5, 0.6) is 0 Å². The van der Waals surface area contributed by atoms with Crippen LogP contribution in [0.4, 0.5) is 4.79 Å². The molecule has 16 heavy (non-hydrogen) atoms. The summed E-state index contributed by atoms with van der Waals surface area (Å²) in [5, 5.41) is 0. The third-order valence-corrected chi connectivity index (χ3v) is 3.10. The number of ether oxygens (including phenoxy) is 1. The Kier molecular flexibility index (Phi) is 6.32. The molecule has 88 valence electrons. The van der Waals surface area contributed by atoms with Gasteiger partial charge >= 0.3 is 25.0 Å². The van der Waals surface area contributed by atoms with Crippen molar-refractivity contribution in [3.63, 3.8) is 0 Å². The fraction of sp³-hybridized carbons (Fsp3) is 0.818. The SMILES string of the molecule is CC(C)[C@H]1CS[CH-]N1C(=O)OC(C)(C)C.[Li+]. The predicted molar refractivity (Wildman–Crippen MR) is 63.5 cm³/mol. The van der Waals surface area contributed by atoms with Gasteiger partial charge in [0.25, 0.3) is 0 Å². The number of amides is 1. The second kappa shape index (κ2) is 6.23. The molecule has 0 N–H and O–H groups in total. The van der Waals surface area contributed by atoms with E-state index in [2.05, 4.69) is 13.8 Å². The molecular formula is C11H20LiNO2S. The van der Waals surface area contributed by atoms with Crippen molar-refractivity contribution in [3.8, 4) is 0 Å². The molecule has 0 aromatic rings. The van der Waals surface area contributed by atoms with E-state index in [0.717, 1.165) is 5.75 Å². The van der Waals surface area contributed by atoms with Crippen LogP contribution in [-0.4, -0.2) is 28.4 Å². The van der Waals surface area contributed by atoms with Crippen molar-refractivity contribution in [1.82, 2.24) is 4.90 Å². The summed E-state index contributed by atoms with van der Waals surface area (Å²) < 4.78 is 5.34. The van der Waals surface area contributed by atoms with Crippen LogP contribution in [-0.2, 0) is 4.74 Å². The molecule has 1 atom stereocenters. The first kappa shape index (κ1) is 16.2. The van der Waals surface area contributed by atoms with E-state index < -0.39 is 5.60 Å². The zero-order valence-electron chi connectivity index (χ0n) is 11.1. The molecule has 0 aromatic carbocycles. The third-order valence-electron chi connectivity index (χ3n) is 2.19. The van der Waals surface area contributed by atoms with E-state index in [9.17, 15) is 4.79 Å². The fourth-order valence-corrected chi connectivity index (χ4v) is 2.62. The van der Waals surface area contributed by atoms with Crippen LogP contribution in [0.15, 0.2) is 0 Å². The van der Waals surface area contributed by atoms with Gasteiger partial charge in [-0.25, -0.2) is 4.79 Å². The molecule has 0 unspecified atom stereocenters. The van der Waals surface area contributed by atoms with E-state index in [-0.39, 0.29) is 31.0 Å². The summed E-state index contributed by atoms with van der Waals surface area (Å²) in [7, 11) is 0. The number of hydrogen-bond donors (Lipinski definition) is 0. The third kappa shape index (κ3) is 4.61. The van der Waals surface area contributed by atoms with E-state index in [4.69, 9.17) is 4.74 Å². The Labute approximate surface area is 115 Å². The molecule has 1 aliphatic rings. The quantitative estimate of drug-likeness (QED) is 0.479. The number of carbonyl (C=O) groups excluding carboxylic acids is 1. The van der Waals surface area contributed by atoms with Crippen LogP contribution in [0.25, 0.3) is 0 Å². The van der Waals surface area contributed by atoms with Crippen molar-refractivity contribution < 1.29 is 28.4 Å². The second-order valence-corrected chi connectivity index (χ2v) is 6.02. The zero-order valence-corrected chi connectivity index (χ0v) is 11.9. The van der Waals surface area contributed by atoms with E-state index in [1.54, 1.807) is 16.7 Å². The Bertz CT molecular complexity index is 241. The minimum absolute atomic E-state index is 0. The fourth-order valence-electron chi connectivity index (χ4n) is 1.39. The molecule has 1 rings (SSSR count). The Morgan fingerprint density at radius 3 is 2.50 bits per heavy atom. The molecule has 0 bridgehead atoms. The summed E-state index contributed by atoms with van der Waals surface area (Å²) in [6, 6.07) is 0.268. The van der Waals surface area contributed by atoms with Crippen molar-refractivity contribution in [3.05, 3.63) is 5.88 Å². The average Bonchev–Trinajstić information content (AvgIpc) is 2.47. The molecule has 0 saturated carbocycles. The summed E-state index contributed by atoms with van der Waals surface area (Å²) in [6.45, 7) is 9.92. The van der Waals surface area contributed by atoms with Crippen molar-refractivity contribution >= 4 is 17.9 Å². The minimum atomic E-state index is -0.417. The molecule has 0 radical (unpaired) electrons. The first-order chi connectivity index (χ1) is 6.81. The van der Waals surface area contributed by atoms with Gasteiger partial charge in [-0.05, 0) is 32.4 Å². The van der Waals surface area contributed by atoms with Crippen LogP contribution < -0.4 is 18.9 Å². The van der Waals surface area contributed by atoms with Crippen LogP contribution in [0.3, 0.4) is 0 Å². The largest absolute Gasteiger partial charge is 1.00 e. The Morgan fingerprint density at radius 1 is 1.50 bits per heavy atom. The molecule has 0 aromatic heterocycles. The first-order valence-corrected chi connectivity index (χ1v) is 6.32. The van der Waals surface area contributed by atoms with Gasteiger partial charge in [0, 0.05) is 6.04 Å². The summed E-state index contributed by atoms with van der Waals surface area (Å²) in [4.78, 5) is 13.6.